The molecule has 0 saturated carbocycles. The lowest BCUT2D eigenvalue weighted by Crippen LogP contribution is -2.51. The van der Waals surface area contributed by atoms with Crippen molar-refractivity contribution in [2.45, 2.75) is 32.9 Å². The van der Waals surface area contributed by atoms with E-state index >= 15 is 0 Å². The van der Waals surface area contributed by atoms with Gasteiger partial charge in [0.2, 0.25) is 0 Å². The molecule has 2 N–H and O–H groups in total. The average Bonchev–Trinajstić information content (AvgIpc) is 2.45. The lowest BCUT2D eigenvalue weighted by Gasteiger charge is -2.26. The number of hydrogen-bond donors (Lipinski definition) is 2. The summed E-state index contributed by atoms with van der Waals surface area (Å²) < 4.78 is 5.64. The van der Waals surface area contributed by atoms with E-state index in [1.807, 2.05) is 44.2 Å². The molecule has 1 rings (SSSR count). The number of nitrogens with zero attached hydrogens (tertiary/aromatic N) is 1. The predicted octanol–water partition coefficient (Wildman–Crippen LogP) is 2.44. The molecule has 0 aliphatic heterocycles. The minimum absolute atomic E-state index is 0.201. The molecule has 0 radical (unpaired) electrons. The van der Waals surface area contributed by atoms with Crippen LogP contribution in [0, 0.1) is 17.2 Å². The monoisotopic (exact) mass is 289 g/mol. The maximum atomic E-state index is 11.7. The Hall–Kier alpha value is -2.06. The number of urea groups is 1. The van der Waals surface area contributed by atoms with Crippen LogP contribution < -0.4 is 10.6 Å². The van der Waals surface area contributed by atoms with Crippen molar-refractivity contribution in [3.63, 3.8) is 0 Å². The molecule has 1 aromatic rings. The van der Waals surface area contributed by atoms with Crippen molar-refractivity contribution < 1.29 is 9.53 Å². The molecule has 0 spiro atoms. The molecule has 0 bridgehead atoms. The predicted molar refractivity (Wildman–Crippen MR) is 81.5 cm³/mol. The molecule has 2 amide bonds. The Bertz CT molecular complexity index is 480. The van der Waals surface area contributed by atoms with Crippen LogP contribution in [0.5, 0.6) is 0 Å². The van der Waals surface area contributed by atoms with Gasteiger partial charge in [-0.2, -0.15) is 5.26 Å². The molecule has 1 atom stereocenters. The van der Waals surface area contributed by atoms with E-state index in [9.17, 15) is 4.79 Å². The van der Waals surface area contributed by atoms with Gasteiger partial charge in [0.1, 0.15) is 0 Å². The third-order valence-corrected chi connectivity index (χ3v) is 2.82. The Morgan fingerprint density at radius 2 is 2.05 bits per heavy atom. The zero-order valence-electron chi connectivity index (χ0n) is 12.8. The fraction of sp³-hybridized carbons (Fsp3) is 0.500. The Kier molecular flexibility index (Phi) is 6.70. The molecule has 21 heavy (non-hydrogen) atoms. The van der Waals surface area contributed by atoms with Crippen LogP contribution in [0.3, 0.4) is 0 Å². The van der Waals surface area contributed by atoms with Crippen molar-refractivity contribution in [2.24, 2.45) is 5.92 Å². The molecule has 0 fully saturated rings. The Morgan fingerprint density at radius 3 is 2.67 bits per heavy atom. The minimum atomic E-state index is -0.477. The van der Waals surface area contributed by atoms with Gasteiger partial charge in [0.05, 0.1) is 30.7 Å². The Morgan fingerprint density at radius 1 is 1.38 bits per heavy atom. The molecular weight excluding hydrogens is 266 g/mol. The zero-order chi connectivity index (χ0) is 15.7. The number of nitrogens with one attached hydrogen (secondary N) is 2. The number of hydrogen-bond acceptors (Lipinski definition) is 3. The molecule has 114 valence electrons. The lowest BCUT2D eigenvalue weighted by molar-refractivity contribution is 0.0744. The number of carbonyl (C=O) groups is 1. The largest absolute Gasteiger partial charge is 0.374 e. The normalized spacial score (nSPS) is 12.3. The second-order valence-electron chi connectivity index (χ2n) is 5.73. The van der Waals surface area contributed by atoms with Crippen LogP contribution in [0.4, 0.5) is 4.79 Å². The number of ether oxygens (including phenoxy) is 1. The van der Waals surface area contributed by atoms with Gasteiger partial charge in [-0.3, -0.25) is 0 Å². The van der Waals surface area contributed by atoms with E-state index in [-0.39, 0.29) is 11.9 Å². The van der Waals surface area contributed by atoms with Crippen LogP contribution in [0.1, 0.15) is 26.3 Å². The first kappa shape index (κ1) is 17.0. The van der Waals surface area contributed by atoms with Crippen LogP contribution in [-0.2, 0) is 11.3 Å². The third-order valence-electron chi connectivity index (χ3n) is 2.82. The summed E-state index contributed by atoms with van der Waals surface area (Å²) in [6, 6.07) is 11.7. The fourth-order valence-electron chi connectivity index (χ4n) is 1.68. The van der Waals surface area contributed by atoms with E-state index in [2.05, 4.69) is 16.7 Å². The highest BCUT2D eigenvalue weighted by molar-refractivity contribution is 5.74. The number of benzene rings is 1. The van der Waals surface area contributed by atoms with Gasteiger partial charge in [-0.05, 0) is 26.3 Å². The van der Waals surface area contributed by atoms with Gasteiger partial charge in [0.25, 0.3) is 0 Å². The van der Waals surface area contributed by atoms with Crippen molar-refractivity contribution in [1.82, 2.24) is 10.6 Å². The number of nitriles is 1. The quantitative estimate of drug-likeness (QED) is 0.809. The first-order valence-electron chi connectivity index (χ1n) is 7.00. The van der Waals surface area contributed by atoms with Crippen molar-refractivity contribution in [1.29, 1.82) is 5.26 Å². The zero-order valence-corrected chi connectivity index (χ0v) is 12.8. The van der Waals surface area contributed by atoms with Crippen molar-refractivity contribution in [2.75, 3.05) is 13.2 Å². The van der Waals surface area contributed by atoms with E-state index in [4.69, 9.17) is 10.00 Å². The number of rotatable bonds is 7. The maximum absolute atomic E-state index is 11.7. The molecule has 0 saturated heterocycles. The number of amides is 2. The molecule has 0 heterocycles. The molecule has 5 nitrogen and oxygen atoms in total. The molecule has 0 aromatic heterocycles. The maximum Gasteiger partial charge on any atom is 0.315 e. The second-order valence-corrected chi connectivity index (χ2v) is 5.73. The molecule has 0 aliphatic carbocycles. The van der Waals surface area contributed by atoms with E-state index in [1.165, 1.54) is 0 Å². The van der Waals surface area contributed by atoms with E-state index in [1.54, 1.807) is 6.92 Å². The third kappa shape index (κ3) is 7.33. The first-order valence-corrected chi connectivity index (χ1v) is 7.00. The van der Waals surface area contributed by atoms with Crippen LogP contribution >= 0.6 is 0 Å². The van der Waals surface area contributed by atoms with Crippen LogP contribution in [0.2, 0.25) is 0 Å². The highest BCUT2D eigenvalue weighted by Gasteiger charge is 2.20. The summed E-state index contributed by atoms with van der Waals surface area (Å²) in [5.74, 6) is -0.201. The second kappa shape index (κ2) is 8.28. The highest BCUT2D eigenvalue weighted by atomic mass is 16.5. The van der Waals surface area contributed by atoms with Gasteiger partial charge in [-0.25, -0.2) is 4.79 Å². The van der Waals surface area contributed by atoms with Gasteiger partial charge >= 0.3 is 6.03 Å². The minimum Gasteiger partial charge on any atom is -0.374 e. The Balaban J connectivity index is 2.29. The first-order chi connectivity index (χ1) is 9.93. The summed E-state index contributed by atoms with van der Waals surface area (Å²) in [5.41, 5.74) is 0.620. The van der Waals surface area contributed by atoms with Crippen LogP contribution in [-0.4, -0.2) is 24.7 Å². The Labute approximate surface area is 126 Å². The topological polar surface area (TPSA) is 74.2 Å². The van der Waals surface area contributed by atoms with Crippen LogP contribution in [0.25, 0.3) is 0 Å². The SMILES string of the molecule is C[C@@H](C#N)CNC(=O)NC(C)(C)COCc1ccccc1. The lowest BCUT2D eigenvalue weighted by atomic mass is 10.1. The summed E-state index contributed by atoms with van der Waals surface area (Å²) in [5, 5.41) is 14.2. The smallest absolute Gasteiger partial charge is 0.315 e. The van der Waals surface area contributed by atoms with E-state index in [0.717, 1.165) is 5.56 Å². The molecular formula is C16H23N3O2. The summed E-state index contributed by atoms with van der Waals surface area (Å²) in [6.45, 7) is 6.80. The summed E-state index contributed by atoms with van der Waals surface area (Å²) in [6.07, 6.45) is 0. The molecule has 0 aliphatic rings. The van der Waals surface area contributed by atoms with Crippen LogP contribution in [0.15, 0.2) is 30.3 Å². The van der Waals surface area contributed by atoms with E-state index < -0.39 is 5.54 Å². The van der Waals surface area contributed by atoms with Gasteiger partial charge in [-0.1, -0.05) is 30.3 Å². The summed E-state index contributed by atoms with van der Waals surface area (Å²) in [7, 11) is 0. The summed E-state index contributed by atoms with van der Waals surface area (Å²) >= 11 is 0. The van der Waals surface area contributed by atoms with Gasteiger partial charge in [0.15, 0.2) is 0 Å². The van der Waals surface area contributed by atoms with Gasteiger partial charge in [0, 0.05) is 6.54 Å². The average molecular weight is 289 g/mol. The van der Waals surface area contributed by atoms with E-state index in [0.29, 0.717) is 19.8 Å². The highest BCUT2D eigenvalue weighted by Crippen LogP contribution is 2.06. The van der Waals surface area contributed by atoms with Crippen molar-refractivity contribution in [3.8, 4) is 6.07 Å². The number of carbonyl (C=O) groups excluding carboxylic acids is 1. The van der Waals surface area contributed by atoms with Crippen molar-refractivity contribution >= 4 is 6.03 Å². The molecule has 5 heteroatoms. The fourth-order valence-corrected chi connectivity index (χ4v) is 1.68. The van der Waals surface area contributed by atoms with Gasteiger partial charge < -0.3 is 15.4 Å². The standard InChI is InChI=1S/C16H23N3O2/c1-13(9-17)10-18-15(20)19-16(2,3)12-21-11-14-7-5-4-6-8-14/h4-8,13H,10-12H2,1-3H3,(H2,18,19,20)/t13-/m0/s1. The summed E-state index contributed by atoms with van der Waals surface area (Å²) in [4.78, 5) is 11.7. The molecule has 1 aromatic carbocycles. The van der Waals surface area contributed by atoms with Crippen molar-refractivity contribution in [3.05, 3.63) is 35.9 Å². The molecule has 0 unspecified atom stereocenters. The van der Waals surface area contributed by atoms with Gasteiger partial charge in [-0.15, -0.1) is 0 Å².